The van der Waals surface area contributed by atoms with Gasteiger partial charge < -0.3 is 4.90 Å². The van der Waals surface area contributed by atoms with Gasteiger partial charge in [-0.2, -0.15) is 10.2 Å². The second-order valence-electron chi connectivity index (χ2n) is 8.69. The molecule has 34 heavy (non-hydrogen) atoms. The highest BCUT2D eigenvalue weighted by molar-refractivity contribution is 7.25. The maximum absolute atomic E-state index is 12.4. The third kappa shape index (κ3) is 3.44. The number of fused-ring (bicyclic) bond motifs is 3. The molecule has 0 unspecified atom stereocenters. The number of likely N-dealkylation sites (tertiary alicyclic amines) is 1. The van der Waals surface area contributed by atoms with E-state index in [0.717, 1.165) is 75.4 Å². The van der Waals surface area contributed by atoms with Crippen LogP contribution in [0.1, 0.15) is 30.7 Å². The number of carbonyl (C=O) groups excluding carboxylic acids is 1. The van der Waals surface area contributed by atoms with Crippen molar-refractivity contribution in [3.05, 3.63) is 78.3 Å². The molecular weight excluding hydrogens is 442 g/mol. The summed E-state index contributed by atoms with van der Waals surface area (Å²) < 4.78 is 3.97. The quantitative estimate of drug-likeness (QED) is 0.244. The molecule has 0 aliphatic carbocycles. The second-order valence-corrected chi connectivity index (χ2v) is 9.67. The highest BCUT2D eigenvalue weighted by atomic mass is 32.1. The van der Waals surface area contributed by atoms with Crippen LogP contribution in [-0.4, -0.2) is 43.8 Å². The molecule has 3 aromatic heterocycles. The molecule has 1 fully saturated rings. The number of thiophene rings is 1. The minimum Gasteiger partial charge on any atom is -0.377 e. The number of aromatic nitrogens is 4. The summed E-state index contributed by atoms with van der Waals surface area (Å²) in [5.74, 6) is 0. The van der Waals surface area contributed by atoms with E-state index in [4.69, 9.17) is 10.2 Å². The van der Waals surface area contributed by atoms with Crippen LogP contribution in [0.5, 0.6) is 0 Å². The summed E-state index contributed by atoms with van der Waals surface area (Å²) in [6.07, 6.45) is 6.51. The third-order valence-corrected chi connectivity index (χ3v) is 7.56. The molecule has 0 bridgehead atoms. The zero-order valence-corrected chi connectivity index (χ0v) is 19.8. The first-order chi connectivity index (χ1) is 16.7. The van der Waals surface area contributed by atoms with Crippen molar-refractivity contribution in [2.75, 3.05) is 13.1 Å². The number of piperidine rings is 1. The lowest BCUT2D eigenvalue weighted by Gasteiger charge is -2.25. The van der Waals surface area contributed by atoms with Crippen molar-refractivity contribution in [2.24, 2.45) is 0 Å². The Bertz CT molecular complexity index is 1500. The van der Waals surface area contributed by atoms with E-state index in [1.165, 1.54) is 6.42 Å². The van der Waals surface area contributed by atoms with E-state index in [1.807, 2.05) is 71.0 Å². The van der Waals surface area contributed by atoms with Crippen LogP contribution < -0.4 is 0 Å². The van der Waals surface area contributed by atoms with Gasteiger partial charge in [-0.3, -0.25) is 4.79 Å². The number of aldehydes is 1. The molecule has 0 amide bonds. The molecule has 1 aliphatic heterocycles. The first kappa shape index (κ1) is 20.9. The smallest absolute Gasteiger partial charge is 0.153 e. The molecule has 170 valence electrons. The Balaban J connectivity index is 1.63. The number of hydrogen-bond donors (Lipinski definition) is 0. The minimum absolute atomic E-state index is 0.619. The Morgan fingerprint density at radius 1 is 0.824 bits per heavy atom. The van der Waals surface area contributed by atoms with Crippen LogP contribution in [0.15, 0.2) is 66.9 Å². The topological polar surface area (TPSA) is 56.0 Å². The lowest BCUT2D eigenvalue weighted by atomic mass is 10.1. The van der Waals surface area contributed by atoms with Gasteiger partial charge in [-0.1, -0.05) is 47.7 Å². The second kappa shape index (κ2) is 8.57. The third-order valence-electron chi connectivity index (χ3n) is 6.42. The summed E-state index contributed by atoms with van der Waals surface area (Å²) in [6, 6.07) is 20.3. The van der Waals surface area contributed by atoms with Gasteiger partial charge in [-0.05, 0) is 50.5 Å². The molecule has 0 saturated carbocycles. The van der Waals surface area contributed by atoms with Crippen LogP contribution in [0.3, 0.4) is 0 Å². The van der Waals surface area contributed by atoms with Gasteiger partial charge in [-0.15, -0.1) is 0 Å². The van der Waals surface area contributed by atoms with Crippen LogP contribution in [0.4, 0.5) is 0 Å². The number of hydrogen-bond acceptors (Lipinski definition) is 5. The highest BCUT2D eigenvalue weighted by Gasteiger charge is 2.25. The SMILES string of the molecule is Cc1nn(-c2ccccc2)c2sc3c(c(/C(C=O)=C/N4CCCCC4)nn3-c3ccccc3)c12. The molecule has 7 heteroatoms. The molecule has 0 radical (unpaired) electrons. The number of rotatable bonds is 5. The summed E-state index contributed by atoms with van der Waals surface area (Å²) in [7, 11) is 0. The largest absolute Gasteiger partial charge is 0.377 e. The number of nitrogens with zero attached hydrogens (tertiary/aromatic N) is 5. The van der Waals surface area contributed by atoms with Gasteiger partial charge in [0.15, 0.2) is 6.29 Å². The van der Waals surface area contributed by atoms with E-state index < -0.39 is 0 Å². The Kier molecular flexibility index (Phi) is 5.26. The zero-order valence-electron chi connectivity index (χ0n) is 19.0. The molecule has 5 aromatic rings. The van der Waals surface area contributed by atoms with Crippen molar-refractivity contribution in [1.29, 1.82) is 0 Å². The maximum Gasteiger partial charge on any atom is 0.153 e. The van der Waals surface area contributed by atoms with Crippen LogP contribution in [0, 0.1) is 6.92 Å². The van der Waals surface area contributed by atoms with E-state index in [1.54, 1.807) is 11.3 Å². The van der Waals surface area contributed by atoms with Gasteiger partial charge in [0, 0.05) is 24.7 Å². The van der Waals surface area contributed by atoms with Crippen LogP contribution in [0.25, 0.3) is 37.4 Å². The summed E-state index contributed by atoms with van der Waals surface area (Å²) in [6.45, 7) is 3.99. The number of benzene rings is 2. The molecular formula is C27H25N5OS. The molecule has 6 nitrogen and oxygen atoms in total. The average Bonchev–Trinajstić information content (AvgIpc) is 3.54. The molecule has 1 saturated heterocycles. The van der Waals surface area contributed by atoms with Gasteiger partial charge in [0.05, 0.1) is 28.0 Å². The van der Waals surface area contributed by atoms with Crippen molar-refractivity contribution in [1.82, 2.24) is 24.5 Å². The average molecular weight is 468 g/mol. The van der Waals surface area contributed by atoms with Crippen molar-refractivity contribution in [2.45, 2.75) is 26.2 Å². The van der Waals surface area contributed by atoms with E-state index >= 15 is 0 Å². The summed E-state index contributed by atoms with van der Waals surface area (Å²) in [5, 5.41) is 11.9. The Hall–Kier alpha value is -3.71. The molecule has 1 aliphatic rings. The Labute approximate surface area is 201 Å². The molecule has 0 atom stereocenters. The number of para-hydroxylation sites is 2. The van der Waals surface area contributed by atoms with E-state index in [9.17, 15) is 4.79 Å². The van der Waals surface area contributed by atoms with Gasteiger partial charge in [0.2, 0.25) is 0 Å². The molecule has 0 N–H and O–H groups in total. The van der Waals surface area contributed by atoms with Gasteiger partial charge in [0.25, 0.3) is 0 Å². The number of allylic oxidation sites excluding steroid dienone is 1. The summed E-state index contributed by atoms with van der Waals surface area (Å²) in [4.78, 5) is 16.7. The van der Waals surface area contributed by atoms with Crippen LogP contribution in [0.2, 0.25) is 0 Å². The van der Waals surface area contributed by atoms with Crippen LogP contribution >= 0.6 is 11.3 Å². The van der Waals surface area contributed by atoms with E-state index in [-0.39, 0.29) is 0 Å². The fourth-order valence-electron chi connectivity index (χ4n) is 4.78. The lowest BCUT2D eigenvalue weighted by Crippen LogP contribution is -2.24. The molecule has 2 aromatic carbocycles. The van der Waals surface area contributed by atoms with Gasteiger partial charge in [-0.25, -0.2) is 9.36 Å². The normalized spacial score (nSPS) is 14.9. The van der Waals surface area contributed by atoms with Crippen molar-refractivity contribution >= 4 is 43.6 Å². The fraction of sp³-hybridized carbons (Fsp3) is 0.222. The Morgan fingerprint density at radius 3 is 2.03 bits per heavy atom. The first-order valence-electron chi connectivity index (χ1n) is 11.7. The summed E-state index contributed by atoms with van der Waals surface area (Å²) in [5.41, 5.74) is 4.27. The molecule has 0 spiro atoms. The van der Waals surface area contributed by atoms with Crippen LogP contribution in [-0.2, 0) is 4.79 Å². The number of carbonyl (C=O) groups is 1. The zero-order chi connectivity index (χ0) is 23.1. The standard InChI is InChI=1S/C27H25N5OS/c1-19-23-24-25(20(18-33)17-30-15-9-4-10-16-30)29-32(22-13-7-3-8-14-22)27(24)34-26(23)31(28-19)21-11-5-2-6-12-21/h2-3,5-8,11-14,17-18H,4,9-10,15-16H2,1H3/b20-17+. The predicted molar refractivity (Wildman–Crippen MR) is 138 cm³/mol. The monoisotopic (exact) mass is 467 g/mol. The lowest BCUT2D eigenvalue weighted by molar-refractivity contribution is -0.103. The molecule has 6 rings (SSSR count). The van der Waals surface area contributed by atoms with Gasteiger partial charge in [0.1, 0.15) is 15.4 Å². The maximum atomic E-state index is 12.4. The van der Waals surface area contributed by atoms with Gasteiger partial charge >= 0.3 is 0 Å². The fourth-order valence-corrected chi connectivity index (χ4v) is 6.09. The van der Waals surface area contributed by atoms with Crippen molar-refractivity contribution in [3.8, 4) is 11.4 Å². The predicted octanol–water partition coefficient (Wildman–Crippen LogP) is 5.76. The number of aryl methyl sites for hydroxylation is 1. The minimum atomic E-state index is 0.619. The van der Waals surface area contributed by atoms with E-state index in [0.29, 0.717) is 5.57 Å². The van der Waals surface area contributed by atoms with Crippen molar-refractivity contribution in [3.63, 3.8) is 0 Å². The first-order valence-corrected chi connectivity index (χ1v) is 12.5. The Morgan fingerprint density at radius 2 is 1.41 bits per heavy atom. The van der Waals surface area contributed by atoms with Crippen molar-refractivity contribution < 1.29 is 4.79 Å². The van der Waals surface area contributed by atoms with E-state index in [2.05, 4.69) is 17.0 Å². The summed E-state index contributed by atoms with van der Waals surface area (Å²) >= 11 is 1.66. The molecule has 4 heterocycles. The highest BCUT2D eigenvalue weighted by Crippen LogP contribution is 2.41.